The van der Waals surface area contributed by atoms with Gasteiger partial charge in [0.25, 0.3) is 0 Å². The maximum absolute atomic E-state index is 12.5. The van der Waals surface area contributed by atoms with E-state index in [1.807, 2.05) is 18.2 Å². The molecule has 2 aromatic carbocycles. The lowest BCUT2D eigenvalue weighted by Gasteiger charge is -2.09. The highest BCUT2D eigenvalue weighted by Gasteiger charge is 2.12. The zero-order chi connectivity index (χ0) is 14.7. The molecule has 2 rings (SSSR count). The van der Waals surface area contributed by atoms with Crippen molar-refractivity contribution in [3.05, 3.63) is 68.7 Å². The van der Waals surface area contributed by atoms with Gasteiger partial charge in [0.1, 0.15) is 0 Å². The summed E-state index contributed by atoms with van der Waals surface area (Å²) in [4.78, 5) is 12.5. The quantitative estimate of drug-likeness (QED) is 0.696. The largest absolute Gasteiger partial charge is 0.289 e. The van der Waals surface area contributed by atoms with Gasteiger partial charge in [-0.15, -0.1) is 0 Å². The average molecular weight is 307 g/mol. The van der Waals surface area contributed by atoms with E-state index < -0.39 is 0 Å². The molecule has 104 valence electrons. The second kappa shape index (κ2) is 6.43. The molecule has 0 aliphatic carbocycles. The molecule has 0 amide bonds. The highest BCUT2D eigenvalue weighted by Crippen LogP contribution is 2.24. The van der Waals surface area contributed by atoms with E-state index in [4.69, 9.17) is 23.2 Å². The molecular weight excluding hydrogens is 291 g/mol. The minimum absolute atomic E-state index is 0.0269. The summed E-state index contributed by atoms with van der Waals surface area (Å²) in [7, 11) is 0. The Morgan fingerprint density at radius 3 is 2.05 bits per heavy atom. The topological polar surface area (TPSA) is 17.1 Å². The highest BCUT2D eigenvalue weighted by atomic mass is 35.5. The lowest BCUT2D eigenvalue weighted by Crippen LogP contribution is -2.03. The third-order valence-electron chi connectivity index (χ3n) is 3.41. The van der Waals surface area contributed by atoms with E-state index in [0.29, 0.717) is 21.2 Å². The molecule has 0 atom stereocenters. The SMILES string of the molecule is CCc1ccc(C(=O)c2ccc(Cl)c(Cl)c2)cc1CC. The van der Waals surface area contributed by atoms with Gasteiger partial charge in [-0.1, -0.05) is 49.2 Å². The monoisotopic (exact) mass is 306 g/mol. The summed E-state index contributed by atoms with van der Waals surface area (Å²) in [5, 5.41) is 0.859. The van der Waals surface area contributed by atoms with E-state index in [9.17, 15) is 4.79 Å². The fourth-order valence-corrected chi connectivity index (χ4v) is 2.54. The third kappa shape index (κ3) is 3.05. The molecule has 0 aliphatic heterocycles. The Kier molecular flexibility index (Phi) is 4.85. The summed E-state index contributed by atoms with van der Waals surface area (Å²) in [5.74, 6) is -0.0269. The lowest BCUT2D eigenvalue weighted by molar-refractivity contribution is 0.103. The predicted octanol–water partition coefficient (Wildman–Crippen LogP) is 5.35. The van der Waals surface area contributed by atoms with Gasteiger partial charge < -0.3 is 0 Å². The van der Waals surface area contributed by atoms with Crippen molar-refractivity contribution in [2.75, 3.05) is 0 Å². The minimum Gasteiger partial charge on any atom is -0.289 e. The van der Waals surface area contributed by atoms with Gasteiger partial charge in [-0.05, 0) is 48.2 Å². The maximum atomic E-state index is 12.5. The normalized spacial score (nSPS) is 10.6. The molecule has 0 aromatic heterocycles. The van der Waals surface area contributed by atoms with E-state index in [1.165, 1.54) is 11.1 Å². The molecule has 0 aliphatic rings. The summed E-state index contributed by atoms with van der Waals surface area (Å²) in [5.41, 5.74) is 3.76. The molecule has 2 aromatic rings. The summed E-state index contributed by atoms with van der Waals surface area (Å²) in [6.07, 6.45) is 1.90. The van der Waals surface area contributed by atoms with Gasteiger partial charge in [0.2, 0.25) is 0 Å². The van der Waals surface area contributed by atoms with Crippen molar-refractivity contribution in [1.29, 1.82) is 0 Å². The van der Waals surface area contributed by atoms with Gasteiger partial charge in [0.05, 0.1) is 10.0 Å². The average Bonchev–Trinajstić information content (AvgIpc) is 2.48. The Morgan fingerprint density at radius 1 is 0.850 bits per heavy atom. The van der Waals surface area contributed by atoms with Crippen molar-refractivity contribution in [2.24, 2.45) is 0 Å². The van der Waals surface area contributed by atoms with E-state index in [1.54, 1.807) is 18.2 Å². The van der Waals surface area contributed by atoms with Gasteiger partial charge >= 0.3 is 0 Å². The molecule has 0 bridgehead atoms. The number of benzene rings is 2. The zero-order valence-electron chi connectivity index (χ0n) is 11.5. The van der Waals surface area contributed by atoms with Crippen LogP contribution < -0.4 is 0 Å². The van der Waals surface area contributed by atoms with Gasteiger partial charge in [0.15, 0.2) is 5.78 Å². The van der Waals surface area contributed by atoms with Crippen molar-refractivity contribution < 1.29 is 4.79 Å². The van der Waals surface area contributed by atoms with E-state index in [2.05, 4.69) is 13.8 Å². The molecule has 0 saturated carbocycles. The van der Waals surface area contributed by atoms with Crippen LogP contribution in [0.1, 0.15) is 40.9 Å². The van der Waals surface area contributed by atoms with Gasteiger partial charge in [-0.3, -0.25) is 4.79 Å². The summed E-state index contributed by atoms with van der Waals surface area (Å²) in [6, 6.07) is 10.9. The number of aryl methyl sites for hydroxylation is 2. The molecule has 0 unspecified atom stereocenters. The second-order valence-corrected chi connectivity index (χ2v) is 5.46. The number of hydrogen-bond donors (Lipinski definition) is 0. The molecule has 0 spiro atoms. The lowest BCUT2D eigenvalue weighted by atomic mass is 9.96. The van der Waals surface area contributed by atoms with Crippen LogP contribution in [0.3, 0.4) is 0 Å². The van der Waals surface area contributed by atoms with Crippen molar-refractivity contribution in [2.45, 2.75) is 26.7 Å². The third-order valence-corrected chi connectivity index (χ3v) is 4.15. The standard InChI is InChI=1S/C17H16Cl2O/c1-3-11-5-6-13(9-12(11)4-2)17(20)14-7-8-15(18)16(19)10-14/h5-10H,3-4H2,1-2H3. The second-order valence-electron chi connectivity index (χ2n) is 4.65. The molecule has 0 heterocycles. The summed E-state index contributed by atoms with van der Waals surface area (Å²) in [6.45, 7) is 4.22. The van der Waals surface area contributed by atoms with Crippen LogP contribution in [0, 0.1) is 0 Å². The molecule has 0 fully saturated rings. The van der Waals surface area contributed by atoms with Crippen LogP contribution >= 0.6 is 23.2 Å². The molecule has 0 saturated heterocycles. The van der Waals surface area contributed by atoms with E-state index in [-0.39, 0.29) is 5.78 Å². The Bertz CT molecular complexity index is 647. The van der Waals surface area contributed by atoms with Gasteiger partial charge in [0, 0.05) is 11.1 Å². The van der Waals surface area contributed by atoms with Crippen molar-refractivity contribution in [3.8, 4) is 0 Å². The smallest absolute Gasteiger partial charge is 0.193 e. The number of rotatable bonds is 4. The first-order valence-electron chi connectivity index (χ1n) is 6.68. The van der Waals surface area contributed by atoms with Crippen LogP contribution in [0.5, 0.6) is 0 Å². The van der Waals surface area contributed by atoms with Crippen molar-refractivity contribution in [3.63, 3.8) is 0 Å². The Balaban J connectivity index is 2.40. The maximum Gasteiger partial charge on any atom is 0.193 e. The first-order chi connectivity index (χ1) is 9.56. The summed E-state index contributed by atoms with van der Waals surface area (Å²) < 4.78 is 0. The van der Waals surface area contributed by atoms with E-state index in [0.717, 1.165) is 12.8 Å². The fraction of sp³-hybridized carbons (Fsp3) is 0.235. The fourth-order valence-electron chi connectivity index (χ4n) is 2.25. The Morgan fingerprint density at radius 2 is 1.45 bits per heavy atom. The zero-order valence-corrected chi connectivity index (χ0v) is 13.1. The first kappa shape index (κ1) is 15.1. The van der Waals surface area contributed by atoms with Crippen LogP contribution in [-0.2, 0) is 12.8 Å². The van der Waals surface area contributed by atoms with Crippen LogP contribution in [0.4, 0.5) is 0 Å². The van der Waals surface area contributed by atoms with E-state index >= 15 is 0 Å². The van der Waals surface area contributed by atoms with Crippen molar-refractivity contribution in [1.82, 2.24) is 0 Å². The van der Waals surface area contributed by atoms with Gasteiger partial charge in [-0.2, -0.15) is 0 Å². The predicted molar refractivity (Wildman–Crippen MR) is 85.1 cm³/mol. The number of carbonyl (C=O) groups is 1. The molecular formula is C17H16Cl2O. The van der Waals surface area contributed by atoms with Crippen LogP contribution in [0.2, 0.25) is 10.0 Å². The number of halogens is 2. The molecule has 0 N–H and O–H groups in total. The van der Waals surface area contributed by atoms with Crippen molar-refractivity contribution >= 4 is 29.0 Å². The molecule has 1 nitrogen and oxygen atoms in total. The number of carbonyl (C=O) groups excluding carboxylic acids is 1. The number of hydrogen-bond acceptors (Lipinski definition) is 1. The van der Waals surface area contributed by atoms with Crippen LogP contribution in [0.25, 0.3) is 0 Å². The Hall–Kier alpha value is -1.31. The van der Waals surface area contributed by atoms with Crippen LogP contribution in [0.15, 0.2) is 36.4 Å². The number of ketones is 1. The van der Waals surface area contributed by atoms with Gasteiger partial charge in [-0.25, -0.2) is 0 Å². The van der Waals surface area contributed by atoms with Crippen LogP contribution in [-0.4, -0.2) is 5.78 Å². The first-order valence-corrected chi connectivity index (χ1v) is 7.44. The minimum atomic E-state index is -0.0269. The molecule has 0 radical (unpaired) electrons. The Labute approximate surface area is 129 Å². The highest BCUT2D eigenvalue weighted by molar-refractivity contribution is 6.42. The molecule has 20 heavy (non-hydrogen) atoms. The molecule has 3 heteroatoms. The summed E-state index contributed by atoms with van der Waals surface area (Å²) >= 11 is 11.8.